The number of amides is 1. The van der Waals surface area contributed by atoms with Gasteiger partial charge >= 0.3 is 0 Å². The third-order valence-corrected chi connectivity index (χ3v) is 6.63. The van der Waals surface area contributed by atoms with Crippen molar-refractivity contribution in [3.05, 3.63) is 57.6 Å². The van der Waals surface area contributed by atoms with Crippen molar-refractivity contribution in [2.24, 2.45) is 0 Å². The number of benzene rings is 2. The van der Waals surface area contributed by atoms with E-state index >= 15 is 0 Å². The molecule has 1 fully saturated rings. The van der Waals surface area contributed by atoms with Crippen LogP contribution in [-0.2, 0) is 11.3 Å². The van der Waals surface area contributed by atoms with E-state index in [1.54, 1.807) is 19.1 Å². The van der Waals surface area contributed by atoms with Crippen LogP contribution in [0.15, 0.2) is 47.3 Å². The minimum Gasteiger partial charge on any atom is -0.497 e. The van der Waals surface area contributed by atoms with Gasteiger partial charge in [-0.15, -0.1) is 0 Å². The number of nitrogens with zero attached hydrogens (tertiary/aromatic N) is 3. The summed E-state index contributed by atoms with van der Waals surface area (Å²) < 4.78 is 12.0. The number of nitrogens with one attached hydrogen (secondary N) is 2. The number of aromatic nitrogens is 3. The first-order chi connectivity index (χ1) is 16.5. The van der Waals surface area contributed by atoms with Crippen molar-refractivity contribution in [3.63, 3.8) is 0 Å². The van der Waals surface area contributed by atoms with Gasteiger partial charge in [-0.2, -0.15) is 0 Å². The van der Waals surface area contributed by atoms with Crippen molar-refractivity contribution in [2.75, 3.05) is 45.3 Å². The number of aromatic amines is 2. The lowest BCUT2D eigenvalue weighted by atomic mass is 10.2. The van der Waals surface area contributed by atoms with Gasteiger partial charge in [-0.25, -0.2) is 0 Å². The molecule has 5 rings (SSSR count). The van der Waals surface area contributed by atoms with Crippen LogP contribution in [0.3, 0.4) is 0 Å². The van der Waals surface area contributed by atoms with Gasteiger partial charge in [0.05, 0.1) is 19.7 Å². The standard InChI is InChI=1S/C24H25N5O4S/c1-32-16-5-3-15(4-6-16)27-9-11-28(12-10-27)20(30)14-29-23(31)22-21(26-24(29)34)18-13-17(33-2)7-8-19(18)25-22/h3-8,13,25H,9-12,14H2,1-2H3,(H,26,34). The molecule has 0 saturated carbocycles. The number of carbonyl (C=O) groups is 1. The first kappa shape index (κ1) is 22.0. The van der Waals surface area contributed by atoms with Crippen LogP contribution in [0.25, 0.3) is 21.9 Å². The molecule has 0 bridgehead atoms. The molecule has 1 saturated heterocycles. The molecule has 176 valence electrons. The number of hydrogen-bond donors (Lipinski definition) is 2. The smallest absolute Gasteiger partial charge is 0.279 e. The second kappa shape index (κ2) is 8.86. The van der Waals surface area contributed by atoms with Crippen molar-refractivity contribution in [1.29, 1.82) is 0 Å². The molecule has 10 heteroatoms. The average Bonchev–Trinajstić information content (AvgIpc) is 3.24. The number of ether oxygens (including phenoxy) is 2. The molecule has 3 heterocycles. The van der Waals surface area contributed by atoms with Crippen LogP contribution in [-0.4, -0.2) is 65.7 Å². The van der Waals surface area contributed by atoms with E-state index in [2.05, 4.69) is 14.9 Å². The van der Waals surface area contributed by atoms with E-state index in [1.807, 2.05) is 42.5 Å². The quantitative estimate of drug-likeness (QED) is 0.428. The van der Waals surface area contributed by atoms with E-state index in [9.17, 15) is 9.59 Å². The fraction of sp³-hybridized carbons (Fsp3) is 0.292. The predicted octanol–water partition coefficient (Wildman–Crippen LogP) is 2.91. The molecule has 34 heavy (non-hydrogen) atoms. The van der Waals surface area contributed by atoms with Gasteiger partial charge in [0.25, 0.3) is 5.56 Å². The Kier molecular flexibility index (Phi) is 5.74. The molecule has 1 amide bonds. The first-order valence-electron chi connectivity index (χ1n) is 11.0. The summed E-state index contributed by atoms with van der Waals surface area (Å²) in [6, 6.07) is 13.4. The Morgan fingerprint density at radius 1 is 0.941 bits per heavy atom. The maximum absolute atomic E-state index is 13.2. The van der Waals surface area contributed by atoms with Crippen LogP contribution >= 0.6 is 12.2 Å². The van der Waals surface area contributed by atoms with Crippen LogP contribution in [0.4, 0.5) is 5.69 Å². The maximum Gasteiger partial charge on any atom is 0.279 e. The van der Waals surface area contributed by atoms with Crippen LogP contribution in [0.2, 0.25) is 0 Å². The normalized spacial score (nSPS) is 14.1. The summed E-state index contributed by atoms with van der Waals surface area (Å²) >= 11 is 5.45. The monoisotopic (exact) mass is 479 g/mol. The maximum atomic E-state index is 13.2. The number of fused-ring (bicyclic) bond motifs is 3. The van der Waals surface area contributed by atoms with E-state index in [4.69, 9.17) is 21.7 Å². The van der Waals surface area contributed by atoms with Crippen molar-refractivity contribution < 1.29 is 14.3 Å². The average molecular weight is 480 g/mol. The minimum absolute atomic E-state index is 0.106. The molecule has 9 nitrogen and oxygen atoms in total. The Labute approximate surface area is 200 Å². The second-order valence-electron chi connectivity index (χ2n) is 8.17. The fourth-order valence-corrected chi connectivity index (χ4v) is 4.63. The Morgan fingerprint density at radius 3 is 2.29 bits per heavy atom. The summed E-state index contributed by atoms with van der Waals surface area (Å²) in [6.07, 6.45) is 0. The number of methoxy groups -OCH3 is 2. The van der Waals surface area contributed by atoms with Gasteiger partial charge < -0.3 is 29.2 Å². The molecular formula is C24H25N5O4S. The molecule has 0 radical (unpaired) electrons. The van der Waals surface area contributed by atoms with Gasteiger partial charge in [0.1, 0.15) is 23.6 Å². The Balaban J connectivity index is 1.34. The molecule has 4 aromatic rings. The van der Waals surface area contributed by atoms with Gasteiger partial charge in [0.15, 0.2) is 4.77 Å². The van der Waals surface area contributed by atoms with Gasteiger partial charge in [-0.3, -0.25) is 14.2 Å². The Hall–Kier alpha value is -3.79. The number of carbonyl (C=O) groups excluding carboxylic acids is 1. The number of hydrogen-bond acceptors (Lipinski definition) is 6. The van der Waals surface area contributed by atoms with E-state index in [1.165, 1.54) is 4.57 Å². The lowest BCUT2D eigenvalue weighted by molar-refractivity contribution is -0.132. The third kappa shape index (κ3) is 3.90. The van der Waals surface area contributed by atoms with Crippen molar-refractivity contribution in [2.45, 2.75) is 6.54 Å². The summed E-state index contributed by atoms with van der Waals surface area (Å²) in [5.41, 5.74) is 2.55. The predicted molar refractivity (Wildman–Crippen MR) is 134 cm³/mol. The zero-order valence-electron chi connectivity index (χ0n) is 19.0. The molecule has 2 aromatic carbocycles. The van der Waals surface area contributed by atoms with Gasteiger partial charge in [-0.1, -0.05) is 0 Å². The molecule has 2 aromatic heterocycles. The summed E-state index contributed by atoms with van der Waals surface area (Å²) in [4.78, 5) is 36.5. The van der Waals surface area contributed by atoms with E-state index in [0.29, 0.717) is 43.0 Å². The highest BCUT2D eigenvalue weighted by Gasteiger charge is 2.23. The largest absolute Gasteiger partial charge is 0.497 e. The number of H-pyrrole nitrogens is 2. The van der Waals surface area contributed by atoms with Crippen molar-refractivity contribution in [3.8, 4) is 11.5 Å². The second-order valence-corrected chi connectivity index (χ2v) is 8.56. The number of rotatable bonds is 5. The highest BCUT2D eigenvalue weighted by molar-refractivity contribution is 7.71. The van der Waals surface area contributed by atoms with E-state index in [0.717, 1.165) is 22.3 Å². The van der Waals surface area contributed by atoms with Gasteiger partial charge in [-0.05, 0) is 54.7 Å². The third-order valence-electron chi connectivity index (χ3n) is 6.31. The van der Waals surface area contributed by atoms with Crippen molar-refractivity contribution >= 4 is 45.7 Å². The lowest BCUT2D eigenvalue weighted by Gasteiger charge is -2.36. The van der Waals surface area contributed by atoms with Gasteiger partial charge in [0.2, 0.25) is 5.91 Å². The summed E-state index contributed by atoms with van der Waals surface area (Å²) in [5.74, 6) is 1.36. The lowest BCUT2D eigenvalue weighted by Crippen LogP contribution is -2.50. The van der Waals surface area contributed by atoms with Crippen molar-refractivity contribution in [1.82, 2.24) is 19.4 Å². The fourth-order valence-electron chi connectivity index (χ4n) is 4.38. The zero-order chi connectivity index (χ0) is 23.8. The molecular weight excluding hydrogens is 454 g/mol. The molecule has 1 aliphatic heterocycles. The van der Waals surface area contributed by atoms with Crippen LogP contribution < -0.4 is 19.9 Å². The SMILES string of the molecule is COc1ccc(N2CCN(C(=O)Cn3c(=S)[nH]c4c([nH]c5ccc(OC)cc54)c3=O)CC2)cc1. The van der Waals surface area contributed by atoms with Crippen LogP contribution in [0.5, 0.6) is 11.5 Å². The summed E-state index contributed by atoms with van der Waals surface area (Å²) in [6.45, 7) is 2.46. The van der Waals surface area contributed by atoms with E-state index < -0.39 is 0 Å². The first-order valence-corrected chi connectivity index (χ1v) is 11.4. The molecule has 0 atom stereocenters. The molecule has 1 aliphatic rings. The minimum atomic E-state index is -0.320. The highest BCUT2D eigenvalue weighted by atomic mass is 32.1. The molecule has 0 spiro atoms. The van der Waals surface area contributed by atoms with Crippen LogP contribution in [0, 0.1) is 4.77 Å². The number of piperazine rings is 1. The Morgan fingerprint density at radius 2 is 1.62 bits per heavy atom. The molecule has 0 aliphatic carbocycles. The van der Waals surface area contributed by atoms with Gasteiger partial charge in [0, 0.05) is 42.8 Å². The summed E-state index contributed by atoms with van der Waals surface area (Å²) in [5, 5.41) is 0.811. The highest BCUT2D eigenvalue weighted by Crippen LogP contribution is 2.26. The molecule has 0 unspecified atom stereocenters. The Bertz CT molecular complexity index is 1480. The van der Waals surface area contributed by atoms with E-state index in [-0.39, 0.29) is 22.8 Å². The topological polar surface area (TPSA) is 95.6 Å². The summed E-state index contributed by atoms with van der Waals surface area (Å²) in [7, 11) is 3.23. The zero-order valence-corrected chi connectivity index (χ0v) is 19.8. The van der Waals surface area contributed by atoms with Crippen LogP contribution in [0.1, 0.15) is 0 Å². The number of anilines is 1. The molecule has 2 N–H and O–H groups in total.